The molecule has 2 N–H and O–H groups in total. The summed E-state index contributed by atoms with van der Waals surface area (Å²) >= 11 is 3.20. The number of hydrogen-bond donors (Lipinski definition) is 2. The van der Waals surface area contributed by atoms with E-state index in [1.165, 1.54) is 13.1 Å². The fraction of sp³-hybridized carbons (Fsp3) is 0.300. The van der Waals surface area contributed by atoms with Crippen LogP contribution in [0.15, 0.2) is 83.6 Å². The number of nitrogens with one attached hydrogen (secondary N) is 1. The van der Waals surface area contributed by atoms with Gasteiger partial charge >= 0.3 is 5.97 Å². The molecule has 0 atom stereocenters. The van der Waals surface area contributed by atoms with E-state index in [9.17, 15) is 14.7 Å². The van der Waals surface area contributed by atoms with Crippen LogP contribution in [0.2, 0.25) is 0 Å². The Morgan fingerprint density at radius 1 is 0.667 bits per heavy atom. The number of carbonyl (C=O) groups is 2. The number of carboxylic acids is 1. The lowest BCUT2D eigenvalue weighted by Crippen LogP contribution is -2.47. The Kier molecular flexibility index (Phi) is 11.9. The van der Waals surface area contributed by atoms with Crippen LogP contribution in [-0.4, -0.2) is 108 Å². The first-order valence-electron chi connectivity index (χ1n) is 17.2. The second-order valence-electron chi connectivity index (χ2n) is 13.1. The molecule has 264 valence electrons. The van der Waals surface area contributed by atoms with Gasteiger partial charge in [-0.1, -0.05) is 35.4 Å². The molecule has 2 aromatic carbocycles. The maximum absolute atomic E-state index is 13.2. The molecule has 11 heteroatoms. The van der Waals surface area contributed by atoms with Crippen molar-refractivity contribution in [1.82, 2.24) is 30.0 Å². The van der Waals surface area contributed by atoms with E-state index < -0.39 is 5.97 Å². The first kappa shape index (κ1) is 36.3. The minimum Gasteiger partial charge on any atom is -0.478 e. The molecule has 6 aromatic rings. The average Bonchev–Trinajstić information content (AvgIpc) is 3.88. The summed E-state index contributed by atoms with van der Waals surface area (Å²) in [5, 5.41) is 18.3. The molecule has 51 heavy (non-hydrogen) atoms. The quantitative estimate of drug-likeness (QED) is 0.198. The van der Waals surface area contributed by atoms with Crippen LogP contribution in [0.3, 0.4) is 0 Å². The summed E-state index contributed by atoms with van der Waals surface area (Å²) in [6, 6.07) is 23.4. The van der Waals surface area contributed by atoms with Crippen LogP contribution in [-0.2, 0) is 0 Å². The summed E-state index contributed by atoms with van der Waals surface area (Å²) in [4.78, 5) is 42.6. The highest BCUT2D eigenvalue weighted by atomic mass is 32.1. The molecule has 2 fully saturated rings. The summed E-state index contributed by atoms with van der Waals surface area (Å²) in [5.74, 6) is -0.806. The molecule has 8 rings (SSSR count). The predicted octanol–water partition coefficient (Wildman–Crippen LogP) is 7.15. The third-order valence-electron chi connectivity index (χ3n) is 9.07. The van der Waals surface area contributed by atoms with Crippen molar-refractivity contribution in [1.29, 1.82) is 0 Å². The van der Waals surface area contributed by atoms with Gasteiger partial charge in [0.1, 0.15) is 0 Å². The van der Waals surface area contributed by atoms with E-state index in [1.807, 2.05) is 71.1 Å². The van der Waals surface area contributed by atoms with Crippen molar-refractivity contribution in [2.45, 2.75) is 13.8 Å². The van der Waals surface area contributed by atoms with Crippen molar-refractivity contribution in [3.05, 3.63) is 106 Å². The van der Waals surface area contributed by atoms with Gasteiger partial charge in [-0.2, -0.15) is 0 Å². The van der Waals surface area contributed by atoms with Gasteiger partial charge in [0.25, 0.3) is 5.91 Å². The van der Waals surface area contributed by atoms with Gasteiger partial charge in [-0.25, -0.2) is 14.8 Å². The number of hydrogen-bond acceptors (Lipinski definition) is 9. The fourth-order valence-electron chi connectivity index (χ4n) is 6.09. The highest BCUT2D eigenvalue weighted by Gasteiger charge is 2.23. The Morgan fingerprint density at radius 2 is 1.16 bits per heavy atom. The van der Waals surface area contributed by atoms with E-state index in [2.05, 4.69) is 59.3 Å². The van der Waals surface area contributed by atoms with Crippen molar-refractivity contribution in [3.8, 4) is 21.1 Å². The van der Waals surface area contributed by atoms with Crippen LogP contribution in [0.25, 0.3) is 42.9 Å². The van der Waals surface area contributed by atoms with E-state index in [-0.39, 0.29) is 5.91 Å². The number of likely N-dealkylation sites (N-methyl/N-ethyl adjacent to an activating group) is 2. The monoisotopic (exact) mass is 720 g/mol. The minimum atomic E-state index is -0.921. The van der Waals surface area contributed by atoms with Gasteiger partial charge in [0, 0.05) is 63.1 Å². The number of carbonyl (C=O) groups excluding carboxylic acids is 1. The van der Waals surface area contributed by atoms with Gasteiger partial charge in [-0.3, -0.25) is 4.79 Å². The van der Waals surface area contributed by atoms with Gasteiger partial charge in [0.05, 0.1) is 43.3 Å². The maximum atomic E-state index is 13.2. The Bertz CT molecular complexity index is 2100. The van der Waals surface area contributed by atoms with E-state index in [0.29, 0.717) is 22.2 Å². The maximum Gasteiger partial charge on any atom is 0.336 e. The summed E-state index contributed by atoms with van der Waals surface area (Å²) in [6.45, 7) is 12.1. The number of pyridine rings is 2. The molecule has 9 nitrogen and oxygen atoms in total. The number of aryl methyl sites for hydroxylation is 2. The molecule has 0 aliphatic carbocycles. The largest absolute Gasteiger partial charge is 0.478 e. The van der Waals surface area contributed by atoms with Crippen LogP contribution < -0.4 is 5.32 Å². The average molecular weight is 721 g/mol. The number of thiophene rings is 2. The second-order valence-corrected chi connectivity index (χ2v) is 15.0. The minimum absolute atomic E-state index is 0.115. The van der Waals surface area contributed by atoms with E-state index >= 15 is 0 Å². The van der Waals surface area contributed by atoms with E-state index in [0.717, 1.165) is 82.3 Å². The standard InChI is InChI=1S/C20H21N3OS.C15H11NO2S.C5H12N2/c1-14-5-6-17-15(12-14)16(13-18(21-17)19-4-3-11-25-19)20(24)23-9-7-22(2)8-10-23;1-9-4-5-12-10(7-9)11(15(17)18)8-13(16-12)14-3-2-6-19-14;1-7-4-2-6-3-5-7/h3-6,11-13H,7-10H2,1-2H3;2-8H,1H3,(H,17,18);6H,2-5H2,1H3. The number of rotatable bonds is 4. The van der Waals surface area contributed by atoms with Crippen molar-refractivity contribution in [2.24, 2.45) is 0 Å². The lowest BCUT2D eigenvalue weighted by Gasteiger charge is -2.32. The number of aromatic nitrogens is 2. The Morgan fingerprint density at radius 3 is 1.61 bits per heavy atom. The Balaban J connectivity index is 0.000000151. The highest BCUT2D eigenvalue weighted by Crippen LogP contribution is 2.30. The molecule has 0 spiro atoms. The number of amides is 1. The molecule has 0 saturated carbocycles. The smallest absolute Gasteiger partial charge is 0.336 e. The molecule has 0 radical (unpaired) electrons. The van der Waals surface area contributed by atoms with E-state index in [4.69, 9.17) is 4.98 Å². The second kappa shape index (κ2) is 16.7. The number of benzene rings is 2. The molecular formula is C40H44N6O3S2. The number of piperazine rings is 2. The van der Waals surface area contributed by atoms with Gasteiger partial charge in [-0.05, 0) is 87.2 Å². The SMILES string of the molecule is CN1CCNCC1.Cc1ccc2nc(-c3cccs3)cc(C(=O)N3CCN(C)CC3)c2c1.Cc1ccc2nc(-c3cccs3)cc(C(=O)O)c2c1. The summed E-state index contributed by atoms with van der Waals surface area (Å²) in [7, 11) is 4.25. The molecular weight excluding hydrogens is 677 g/mol. The van der Waals surface area contributed by atoms with Gasteiger partial charge in [0.2, 0.25) is 0 Å². The van der Waals surface area contributed by atoms with Crippen LogP contribution in [0.4, 0.5) is 0 Å². The van der Waals surface area contributed by atoms with E-state index in [1.54, 1.807) is 28.7 Å². The van der Waals surface area contributed by atoms with Gasteiger partial charge in [-0.15, -0.1) is 22.7 Å². The lowest BCUT2D eigenvalue weighted by atomic mass is 10.0. The molecule has 6 heterocycles. The molecule has 0 bridgehead atoms. The zero-order chi connectivity index (χ0) is 35.9. The Labute approximate surface area is 307 Å². The molecule has 4 aromatic heterocycles. The lowest BCUT2D eigenvalue weighted by molar-refractivity contribution is 0.0664. The topological polar surface area (TPSA) is 102 Å². The first-order chi connectivity index (χ1) is 24.7. The predicted molar refractivity (Wildman–Crippen MR) is 210 cm³/mol. The summed E-state index contributed by atoms with van der Waals surface area (Å²) in [5.41, 5.74) is 6.43. The summed E-state index contributed by atoms with van der Waals surface area (Å²) in [6.07, 6.45) is 0. The fourth-order valence-corrected chi connectivity index (χ4v) is 7.46. The number of aromatic carboxylic acids is 1. The molecule has 2 saturated heterocycles. The van der Waals surface area contributed by atoms with Crippen molar-refractivity contribution < 1.29 is 14.7 Å². The number of carboxylic acid groups (broad SMARTS) is 1. The molecule has 2 aliphatic heterocycles. The molecule has 0 unspecified atom stereocenters. The number of fused-ring (bicyclic) bond motifs is 2. The van der Waals surface area contributed by atoms with Crippen LogP contribution in [0, 0.1) is 13.8 Å². The van der Waals surface area contributed by atoms with Crippen LogP contribution in [0.1, 0.15) is 31.8 Å². The zero-order valence-corrected chi connectivity index (χ0v) is 31.2. The zero-order valence-electron chi connectivity index (χ0n) is 29.6. The van der Waals surface area contributed by atoms with Gasteiger partial charge in [0.15, 0.2) is 0 Å². The van der Waals surface area contributed by atoms with Crippen LogP contribution in [0.5, 0.6) is 0 Å². The molecule has 2 aliphatic rings. The summed E-state index contributed by atoms with van der Waals surface area (Å²) < 4.78 is 0. The third-order valence-corrected chi connectivity index (χ3v) is 10.9. The van der Waals surface area contributed by atoms with Crippen molar-refractivity contribution in [3.63, 3.8) is 0 Å². The van der Waals surface area contributed by atoms with Gasteiger partial charge < -0.3 is 25.1 Å². The molecule has 1 amide bonds. The number of nitrogens with zero attached hydrogens (tertiary/aromatic N) is 5. The third kappa shape index (κ3) is 9.05. The first-order valence-corrected chi connectivity index (χ1v) is 18.9. The normalized spacial score (nSPS) is 15.2. The van der Waals surface area contributed by atoms with Crippen molar-refractivity contribution >= 4 is 56.4 Å². The Hall–Kier alpha value is -4.52. The van der Waals surface area contributed by atoms with Crippen LogP contribution >= 0.6 is 22.7 Å². The highest BCUT2D eigenvalue weighted by molar-refractivity contribution is 7.13. The van der Waals surface area contributed by atoms with Crippen molar-refractivity contribution in [2.75, 3.05) is 66.5 Å².